The Kier molecular flexibility index (Phi) is 3.63. The van der Waals surface area contributed by atoms with E-state index in [9.17, 15) is 13.2 Å². The van der Waals surface area contributed by atoms with Gasteiger partial charge >= 0.3 is 0 Å². The third-order valence-corrected chi connectivity index (χ3v) is 5.81. The van der Waals surface area contributed by atoms with Crippen molar-refractivity contribution in [2.24, 2.45) is 0 Å². The molecular weight excluding hydrogens is 272 g/mol. The molecule has 2 heterocycles. The minimum Gasteiger partial charge on any atom is -0.397 e. The summed E-state index contributed by atoms with van der Waals surface area (Å²) in [6.45, 7) is 2.35. The van der Waals surface area contributed by atoms with Crippen LogP contribution in [0.2, 0.25) is 0 Å². The molecule has 2 rings (SSSR count). The molecule has 1 fully saturated rings. The second-order valence-corrected chi connectivity index (χ2v) is 7.50. The van der Waals surface area contributed by atoms with Gasteiger partial charge in [-0.1, -0.05) is 0 Å². The van der Waals surface area contributed by atoms with Crippen molar-refractivity contribution in [3.05, 3.63) is 16.3 Å². The number of hydrogen-bond donors (Lipinski definition) is 1. The molecule has 0 saturated carbocycles. The number of sulfone groups is 1. The van der Waals surface area contributed by atoms with E-state index in [-0.39, 0.29) is 23.5 Å². The lowest BCUT2D eigenvalue weighted by Gasteiger charge is -2.26. The molecular formula is C11H16N2O3S2. The van der Waals surface area contributed by atoms with Gasteiger partial charge in [0.15, 0.2) is 9.84 Å². The lowest BCUT2D eigenvalue weighted by Crippen LogP contribution is -2.40. The Hall–Kier alpha value is -1.08. The first-order valence-corrected chi connectivity index (χ1v) is 8.49. The van der Waals surface area contributed by atoms with Crippen LogP contribution in [0.25, 0.3) is 0 Å². The third-order valence-electron chi connectivity index (χ3n) is 3.14. The molecule has 0 bridgehead atoms. The third kappa shape index (κ3) is 2.51. The molecule has 0 radical (unpaired) electrons. The summed E-state index contributed by atoms with van der Waals surface area (Å²) in [6.07, 6.45) is 0.521. The number of nitrogens with zero attached hydrogens (tertiary/aromatic N) is 1. The average molecular weight is 288 g/mol. The summed E-state index contributed by atoms with van der Waals surface area (Å²) in [6, 6.07) is 1.48. The number of amides is 1. The zero-order chi connectivity index (χ0) is 13.3. The summed E-state index contributed by atoms with van der Waals surface area (Å²) in [4.78, 5) is 14.4. The molecule has 7 heteroatoms. The zero-order valence-corrected chi connectivity index (χ0v) is 11.8. The van der Waals surface area contributed by atoms with Crippen molar-refractivity contribution in [2.75, 3.05) is 23.8 Å². The molecule has 0 spiro atoms. The van der Waals surface area contributed by atoms with Crippen molar-refractivity contribution in [1.29, 1.82) is 0 Å². The summed E-state index contributed by atoms with van der Waals surface area (Å²) in [5.74, 6) is 0.0753. The number of nitrogens with two attached hydrogens (primary N) is 1. The quantitative estimate of drug-likeness (QED) is 0.899. The highest BCUT2D eigenvalue weighted by atomic mass is 32.2. The summed E-state index contributed by atoms with van der Waals surface area (Å²) in [5.41, 5.74) is 6.19. The van der Waals surface area contributed by atoms with Crippen LogP contribution in [0.4, 0.5) is 5.69 Å². The van der Waals surface area contributed by atoms with Crippen molar-refractivity contribution in [2.45, 2.75) is 19.4 Å². The normalized spacial score (nSPS) is 21.9. The van der Waals surface area contributed by atoms with Crippen LogP contribution in [0.5, 0.6) is 0 Å². The second kappa shape index (κ2) is 4.89. The van der Waals surface area contributed by atoms with Gasteiger partial charge in [0.2, 0.25) is 0 Å². The Morgan fingerprint density at radius 2 is 2.33 bits per heavy atom. The van der Waals surface area contributed by atoms with E-state index in [0.29, 0.717) is 23.5 Å². The van der Waals surface area contributed by atoms with Gasteiger partial charge in [-0.25, -0.2) is 8.42 Å². The lowest BCUT2D eigenvalue weighted by atomic mass is 10.2. The maximum absolute atomic E-state index is 12.3. The summed E-state index contributed by atoms with van der Waals surface area (Å²) in [7, 11) is -2.98. The molecule has 100 valence electrons. The van der Waals surface area contributed by atoms with E-state index in [1.807, 2.05) is 6.92 Å². The van der Waals surface area contributed by atoms with Gasteiger partial charge in [-0.2, -0.15) is 0 Å². The predicted octanol–water partition coefficient (Wildman–Crippen LogP) is 0.980. The van der Waals surface area contributed by atoms with E-state index in [1.165, 1.54) is 11.3 Å². The molecule has 1 aromatic heterocycles. The Labute approximate surface area is 111 Å². The fraction of sp³-hybridized carbons (Fsp3) is 0.545. The lowest BCUT2D eigenvalue weighted by molar-refractivity contribution is 0.0714. The summed E-state index contributed by atoms with van der Waals surface area (Å²) >= 11 is 1.29. The van der Waals surface area contributed by atoms with Gasteiger partial charge in [0.1, 0.15) is 4.88 Å². The van der Waals surface area contributed by atoms with Crippen LogP contribution in [0.1, 0.15) is 23.0 Å². The van der Waals surface area contributed by atoms with Crippen molar-refractivity contribution < 1.29 is 13.2 Å². The molecule has 1 atom stereocenters. The van der Waals surface area contributed by atoms with Crippen LogP contribution >= 0.6 is 11.3 Å². The molecule has 1 aromatic rings. The molecule has 1 saturated heterocycles. The minimum atomic E-state index is -2.98. The van der Waals surface area contributed by atoms with Crippen molar-refractivity contribution in [3.8, 4) is 0 Å². The summed E-state index contributed by atoms with van der Waals surface area (Å²) in [5, 5.41) is 1.77. The van der Waals surface area contributed by atoms with Crippen LogP contribution in [0, 0.1) is 0 Å². The van der Waals surface area contributed by atoms with Gasteiger partial charge in [0.05, 0.1) is 17.2 Å². The molecule has 0 aromatic carbocycles. The van der Waals surface area contributed by atoms with Gasteiger partial charge in [0.25, 0.3) is 5.91 Å². The van der Waals surface area contributed by atoms with Gasteiger partial charge < -0.3 is 10.6 Å². The second-order valence-electron chi connectivity index (χ2n) is 4.35. The minimum absolute atomic E-state index is 0.0673. The molecule has 2 N–H and O–H groups in total. The maximum Gasteiger partial charge on any atom is 0.266 e. The fourth-order valence-electron chi connectivity index (χ4n) is 2.21. The highest BCUT2D eigenvalue weighted by Crippen LogP contribution is 2.25. The van der Waals surface area contributed by atoms with Crippen LogP contribution in [0.3, 0.4) is 0 Å². The average Bonchev–Trinajstić information content (AvgIpc) is 2.86. The molecule has 1 aliphatic rings. The number of rotatable bonds is 3. The molecule has 0 aliphatic carbocycles. The van der Waals surface area contributed by atoms with Crippen LogP contribution in [-0.4, -0.2) is 43.3 Å². The maximum atomic E-state index is 12.3. The van der Waals surface area contributed by atoms with Crippen molar-refractivity contribution in [3.63, 3.8) is 0 Å². The first kappa shape index (κ1) is 13.4. The van der Waals surface area contributed by atoms with E-state index in [2.05, 4.69) is 0 Å². The SMILES string of the molecule is CCN(C(=O)c1sccc1N)C1CCS(=O)(=O)C1. The fourth-order valence-corrected chi connectivity index (χ4v) is 4.72. The van der Waals surface area contributed by atoms with E-state index in [4.69, 9.17) is 5.73 Å². The van der Waals surface area contributed by atoms with Gasteiger partial charge in [-0.3, -0.25) is 4.79 Å². The predicted molar refractivity (Wildman–Crippen MR) is 72.5 cm³/mol. The smallest absolute Gasteiger partial charge is 0.266 e. The van der Waals surface area contributed by atoms with E-state index in [1.54, 1.807) is 16.3 Å². The Balaban J connectivity index is 2.20. The molecule has 1 amide bonds. The Morgan fingerprint density at radius 1 is 1.61 bits per heavy atom. The van der Waals surface area contributed by atoms with E-state index in [0.717, 1.165) is 0 Å². The van der Waals surface area contributed by atoms with Crippen LogP contribution in [-0.2, 0) is 9.84 Å². The summed E-state index contributed by atoms with van der Waals surface area (Å²) < 4.78 is 23.0. The Morgan fingerprint density at radius 3 is 2.78 bits per heavy atom. The van der Waals surface area contributed by atoms with Crippen LogP contribution in [0.15, 0.2) is 11.4 Å². The van der Waals surface area contributed by atoms with Gasteiger partial charge in [-0.05, 0) is 24.8 Å². The van der Waals surface area contributed by atoms with E-state index >= 15 is 0 Å². The highest BCUT2D eigenvalue weighted by molar-refractivity contribution is 7.91. The number of carbonyl (C=O) groups excluding carboxylic acids is 1. The topological polar surface area (TPSA) is 80.5 Å². The first-order valence-electron chi connectivity index (χ1n) is 5.79. The number of nitrogen functional groups attached to an aromatic ring is 1. The zero-order valence-electron chi connectivity index (χ0n) is 10.1. The molecule has 1 aliphatic heterocycles. The molecule has 1 unspecified atom stereocenters. The molecule has 18 heavy (non-hydrogen) atoms. The first-order chi connectivity index (χ1) is 8.44. The van der Waals surface area contributed by atoms with E-state index < -0.39 is 9.84 Å². The van der Waals surface area contributed by atoms with Crippen molar-refractivity contribution in [1.82, 2.24) is 4.90 Å². The standard InChI is InChI=1S/C11H16N2O3S2/c1-2-13(8-4-6-18(15,16)7-8)11(14)10-9(12)3-5-17-10/h3,5,8H,2,4,6-7,12H2,1H3. The van der Waals surface area contributed by atoms with Gasteiger partial charge in [-0.15, -0.1) is 11.3 Å². The Bertz CT molecular complexity index is 550. The van der Waals surface area contributed by atoms with Gasteiger partial charge in [0, 0.05) is 12.6 Å². The largest absolute Gasteiger partial charge is 0.397 e. The number of thiophene rings is 1. The van der Waals surface area contributed by atoms with Crippen LogP contribution < -0.4 is 5.73 Å². The number of hydrogen-bond acceptors (Lipinski definition) is 5. The number of carbonyl (C=O) groups is 1. The van der Waals surface area contributed by atoms with Crippen molar-refractivity contribution >= 4 is 32.8 Å². The monoisotopic (exact) mass is 288 g/mol. The molecule has 5 nitrogen and oxygen atoms in total. The highest BCUT2D eigenvalue weighted by Gasteiger charge is 2.34. The number of anilines is 1.